The number of carboxylic acid groups (broad SMARTS) is 1. The Balaban J connectivity index is 1.80. The van der Waals surface area contributed by atoms with E-state index in [1.807, 2.05) is 17.0 Å². The van der Waals surface area contributed by atoms with Gasteiger partial charge in [0.15, 0.2) is 0 Å². The summed E-state index contributed by atoms with van der Waals surface area (Å²) in [6.07, 6.45) is 0. The highest BCUT2D eigenvalue weighted by atomic mass is 16.4. The summed E-state index contributed by atoms with van der Waals surface area (Å²) in [6.45, 7) is 5.06. The van der Waals surface area contributed by atoms with E-state index in [-0.39, 0.29) is 6.04 Å². The van der Waals surface area contributed by atoms with E-state index in [0.29, 0.717) is 0 Å². The zero-order valence-corrected chi connectivity index (χ0v) is 14.0. The van der Waals surface area contributed by atoms with Gasteiger partial charge in [0.25, 0.3) is 0 Å². The van der Waals surface area contributed by atoms with Crippen molar-refractivity contribution in [3.63, 3.8) is 0 Å². The smallest absolute Gasteiger partial charge is 0.320 e. The van der Waals surface area contributed by atoms with Crippen LogP contribution in [0.1, 0.15) is 24.1 Å². The Morgan fingerprint density at radius 1 is 0.833 bits per heavy atom. The van der Waals surface area contributed by atoms with Crippen LogP contribution < -0.4 is 0 Å². The van der Waals surface area contributed by atoms with Crippen molar-refractivity contribution < 1.29 is 9.90 Å². The molecule has 1 saturated heterocycles. The molecular weight excluding hydrogens is 300 g/mol. The molecule has 0 aromatic heterocycles. The van der Waals surface area contributed by atoms with Crippen molar-refractivity contribution in [3.05, 3.63) is 71.8 Å². The molecule has 2 aromatic carbocycles. The minimum absolute atomic E-state index is 0.217. The topological polar surface area (TPSA) is 43.8 Å². The fourth-order valence-corrected chi connectivity index (χ4v) is 3.42. The standard InChI is InChI=1S/C20H24N2O2/c1-16(20(23)24)21-12-14-22(15-13-21)19(17-8-4-2-5-9-17)18-10-6-3-7-11-18/h2-11,16,19H,12-15H2,1H3,(H,23,24). The van der Waals surface area contributed by atoms with Crippen molar-refractivity contribution in [2.75, 3.05) is 26.2 Å². The van der Waals surface area contributed by atoms with Crippen LogP contribution in [0.15, 0.2) is 60.7 Å². The molecule has 4 heteroatoms. The van der Waals surface area contributed by atoms with E-state index in [1.165, 1.54) is 11.1 Å². The summed E-state index contributed by atoms with van der Waals surface area (Å²) in [5, 5.41) is 9.21. The molecule has 1 N–H and O–H groups in total. The largest absolute Gasteiger partial charge is 0.480 e. The van der Waals surface area contributed by atoms with Crippen LogP contribution in [-0.4, -0.2) is 53.1 Å². The molecule has 1 unspecified atom stereocenters. The molecular formula is C20H24N2O2. The van der Waals surface area contributed by atoms with Crippen molar-refractivity contribution in [1.29, 1.82) is 0 Å². The highest BCUT2D eigenvalue weighted by Crippen LogP contribution is 2.29. The Kier molecular flexibility index (Phi) is 5.28. The second kappa shape index (κ2) is 7.60. The zero-order valence-electron chi connectivity index (χ0n) is 14.0. The van der Waals surface area contributed by atoms with Crippen LogP contribution in [0.4, 0.5) is 0 Å². The van der Waals surface area contributed by atoms with Crippen LogP contribution in [0.2, 0.25) is 0 Å². The SMILES string of the molecule is CC(C(=O)O)N1CCN(C(c2ccccc2)c2ccccc2)CC1. The molecule has 1 aliphatic heterocycles. The summed E-state index contributed by atoms with van der Waals surface area (Å²) < 4.78 is 0. The van der Waals surface area contributed by atoms with Crippen LogP contribution >= 0.6 is 0 Å². The summed E-state index contributed by atoms with van der Waals surface area (Å²) in [5.74, 6) is -0.744. The van der Waals surface area contributed by atoms with Gasteiger partial charge in [-0.2, -0.15) is 0 Å². The van der Waals surface area contributed by atoms with Gasteiger partial charge in [0, 0.05) is 26.2 Å². The molecule has 1 fully saturated rings. The highest BCUT2D eigenvalue weighted by Gasteiger charge is 2.29. The number of piperazine rings is 1. The summed E-state index contributed by atoms with van der Waals surface area (Å²) >= 11 is 0. The monoisotopic (exact) mass is 324 g/mol. The molecule has 0 spiro atoms. The Hall–Kier alpha value is -2.17. The summed E-state index contributed by atoms with van der Waals surface area (Å²) in [7, 11) is 0. The third kappa shape index (κ3) is 3.66. The first-order chi connectivity index (χ1) is 11.7. The Morgan fingerprint density at radius 2 is 1.25 bits per heavy atom. The van der Waals surface area contributed by atoms with Gasteiger partial charge in [-0.05, 0) is 18.1 Å². The number of carbonyl (C=O) groups is 1. The quantitative estimate of drug-likeness (QED) is 0.918. The Bertz CT molecular complexity index is 612. The lowest BCUT2D eigenvalue weighted by molar-refractivity contribution is -0.143. The third-order valence-corrected chi connectivity index (χ3v) is 4.85. The summed E-state index contributed by atoms with van der Waals surface area (Å²) in [6, 6.07) is 20.9. The lowest BCUT2D eigenvalue weighted by atomic mass is 9.96. The van der Waals surface area contributed by atoms with Crippen molar-refractivity contribution in [3.8, 4) is 0 Å². The van der Waals surface area contributed by atoms with Crippen molar-refractivity contribution in [2.45, 2.75) is 19.0 Å². The average molecular weight is 324 g/mol. The first-order valence-electron chi connectivity index (χ1n) is 8.47. The van der Waals surface area contributed by atoms with Gasteiger partial charge in [0.2, 0.25) is 0 Å². The van der Waals surface area contributed by atoms with Gasteiger partial charge in [-0.3, -0.25) is 14.6 Å². The molecule has 0 saturated carbocycles. The predicted molar refractivity (Wildman–Crippen MR) is 95.0 cm³/mol. The van der Waals surface area contributed by atoms with Crippen molar-refractivity contribution in [2.24, 2.45) is 0 Å². The minimum Gasteiger partial charge on any atom is -0.480 e. The Labute approximate surface area is 143 Å². The minimum atomic E-state index is -0.744. The van der Waals surface area contributed by atoms with Gasteiger partial charge in [-0.1, -0.05) is 60.7 Å². The molecule has 24 heavy (non-hydrogen) atoms. The van der Waals surface area contributed by atoms with Gasteiger partial charge in [0.05, 0.1) is 6.04 Å². The molecule has 3 rings (SSSR count). The maximum atomic E-state index is 11.2. The van der Waals surface area contributed by atoms with E-state index in [2.05, 4.69) is 53.4 Å². The maximum absolute atomic E-state index is 11.2. The van der Waals surface area contributed by atoms with E-state index in [4.69, 9.17) is 0 Å². The molecule has 0 bridgehead atoms. The van der Waals surface area contributed by atoms with Crippen LogP contribution in [0, 0.1) is 0 Å². The average Bonchev–Trinajstić information content (AvgIpc) is 2.64. The highest BCUT2D eigenvalue weighted by molar-refractivity contribution is 5.72. The van der Waals surface area contributed by atoms with Crippen molar-refractivity contribution >= 4 is 5.97 Å². The number of rotatable bonds is 5. The first kappa shape index (κ1) is 16.7. The fourth-order valence-electron chi connectivity index (χ4n) is 3.42. The van der Waals surface area contributed by atoms with E-state index in [1.54, 1.807) is 6.92 Å². The predicted octanol–water partition coefficient (Wildman–Crippen LogP) is 2.87. The molecule has 2 aromatic rings. The molecule has 1 atom stereocenters. The molecule has 0 aliphatic carbocycles. The lowest BCUT2D eigenvalue weighted by Gasteiger charge is -2.41. The number of nitrogens with zero attached hydrogens (tertiary/aromatic N) is 2. The number of hydrogen-bond donors (Lipinski definition) is 1. The van der Waals surface area contributed by atoms with E-state index >= 15 is 0 Å². The van der Waals surface area contributed by atoms with Gasteiger partial charge in [0.1, 0.15) is 6.04 Å². The third-order valence-electron chi connectivity index (χ3n) is 4.85. The normalized spacial score (nSPS) is 17.8. The maximum Gasteiger partial charge on any atom is 0.320 e. The molecule has 4 nitrogen and oxygen atoms in total. The summed E-state index contributed by atoms with van der Waals surface area (Å²) in [5.41, 5.74) is 2.56. The number of carboxylic acids is 1. The van der Waals surface area contributed by atoms with Crippen LogP contribution in [0.3, 0.4) is 0 Å². The second-order valence-electron chi connectivity index (χ2n) is 6.31. The second-order valence-corrected chi connectivity index (χ2v) is 6.31. The molecule has 1 heterocycles. The lowest BCUT2D eigenvalue weighted by Crippen LogP contribution is -2.52. The number of aliphatic carboxylic acids is 1. The van der Waals surface area contributed by atoms with Gasteiger partial charge in [-0.25, -0.2) is 0 Å². The van der Waals surface area contributed by atoms with E-state index in [9.17, 15) is 9.90 Å². The number of hydrogen-bond acceptors (Lipinski definition) is 3. The molecule has 126 valence electrons. The number of benzene rings is 2. The van der Waals surface area contributed by atoms with Gasteiger partial charge < -0.3 is 5.11 Å². The van der Waals surface area contributed by atoms with Gasteiger partial charge >= 0.3 is 5.97 Å². The zero-order chi connectivity index (χ0) is 16.9. The van der Waals surface area contributed by atoms with E-state index < -0.39 is 12.0 Å². The molecule has 1 aliphatic rings. The van der Waals surface area contributed by atoms with Gasteiger partial charge in [-0.15, -0.1) is 0 Å². The van der Waals surface area contributed by atoms with E-state index in [0.717, 1.165) is 26.2 Å². The fraction of sp³-hybridized carbons (Fsp3) is 0.350. The molecule has 0 amide bonds. The van der Waals surface area contributed by atoms with Crippen LogP contribution in [0.25, 0.3) is 0 Å². The van der Waals surface area contributed by atoms with Crippen LogP contribution in [0.5, 0.6) is 0 Å². The van der Waals surface area contributed by atoms with Crippen LogP contribution in [-0.2, 0) is 4.79 Å². The summed E-state index contributed by atoms with van der Waals surface area (Å²) in [4.78, 5) is 15.7. The van der Waals surface area contributed by atoms with Crippen molar-refractivity contribution in [1.82, 2.24) is 9.80 Å². The first-order valence-corrected chi connectivity index (χ1v) is 8.47. The Morgan fingerprint density at radius 3 is 1.67 bits per heavy atom. The molecule has 0 radical (unpaired) electrons.